The van der Waals surface area contributed by atoms with Gasteiger partial charge in [-0.2, -0.15) is 0 Å². The van der Waals surface area contributed by atoms with E-state index >= 15 is 0 Å². The van der Waals surface area contributed by atoms with Crippen LogP contribution in [0.1, 0.15) is 20.3 Å². The van der Waals surface area contributed by atoms with Gasteiger partial charge in [-0.15, -0.1) is 0 Å². The van der Waals surface area contributed by atoms with Crippen molar-refractivity contribution < 1.29 is 0 Å². The van der Waals surface area contributed by atoms with Crippen LogP contribution in [0.15, 0.2) is 30.7 Å². The first-order valence-corrected chi connectivity index (χ1v) is 8.43. The molecule has 1 aliphatic heterocycles. The number of H-pyrrole nitrogens is 1. The maximum absolute atomic E-state index is 5.76. The highest BCUT2D eigenvalue weighted by molar-refractivity contribution is 6.02. The lowest BCUT2D eigenvalue weighted by Crippen LogP contribution is -2.21. The molecule has 1 fully saturated rings. The maximum atomic E-state index is 5.76. The molecule has 4 rings (SSSR count). The van der Waals surface area contributed by atoms with Crippen LogP contribution in [0.4, 0.5) is 11.6 Å². The van der Waals surface area contributed by atoms with Crippen molar-refractivity contribution in [3.05, 3.63) is 30.7 Å². The van der Waals surface area contributed by atoms with Gasteiger partial charge in [-0.1, -0.05) is 13.8 Å². The van der Waals surface area contributed by atoms with Crippen LogP contribution in [-0.2, 0) is 0 Å². The highest BCUT2D eigenvalue weighted by atomic mass is 15.2. The summed E-state index contributed by atoms with van der Waals surface area (Å²) in [6.45, 7) is 6.79. The topological polar surface area (TPSA) is 83.7 Å². The van der Waals surface area contributed by atoms with Crippen molar-refractivity contribution in [2.24, 2.45) is 11.8 Å². The van der Waals surface area contributed by atoms with Crippen LogP contribution in [0.5, 0.6) is 0 Å². The van der Waals surface area contributed by atoms with Crippen molar-refractivity contribution in [3.63, 3.8) is 0 Å². The molecule has 0 spiro atoms. The molecule has 0 amide bonds. The second-order valence-electron chi connectivity index (χ2n) is 6.79. The number of nitrogen functional groups attached to an aromatic ring is 1. The Labute approximate surface area is 141 Å². The number of rotatable bonds is 3. The van der Waals surface area contributed by atoms with E-state index in [1.165, 1.54) is 12.1 Å². The van der Waals surface area contributed by atoms with Crippen molar-refractivity contribution in [3.8, 4) is 11.3 Å². The van der Waals surface area contributed by atoms with Crippen LogP contribution in [-0.4, -0.2) is 33.0 Å². The van der Waals surface area contributed by atoms with Gasteiger partial charge in [-0.3, -0.25) is 0 Å². The molecule has 6 nitrogen and oxygen atoms in total. The van der Waals surface area contributed by atoms with Crippen molar-refractivity contribution in [2.45, 2.75) is 20.3 Å². The van der Waals surface area contributed by atoms with Gasteiger partial charge < -0.3 is 15.6 Å². The van der Waals surface area contributed by atoms with E-state index in [0.717, 1.165) is 41.3 Å². The SMILES string of the molecule is CC(C)C1CCN(c2ccnc3[nH]cc(-c4ccnc(N)n4)c23)C1. The van der Waals surface area contributed by atoms with E-state index in [-0.39, 0.29) is 5.95 Å². The fraction of sp³-hybridized carbons (Fsp3) is 0.389. The Hall–Kier alpha value is -2.63. The molecule has 24 heavy (non-hydrogen) atoms. The molecule has 0 saturated carbocycles. The van der Waals surface area contributed by atoms with Gasteiger partial charge in [0.2, 0.25) is 5.95 Å². The number of nitrogens with two attached hydrogens (primary N) is 1. The molecule has 0 aliphatic carbocycles. The van der Waals surface area contributed by atoms with E-state index in [4.69, 9.17) is 5.73 Å². The van der Waals surface area contributed by atoms with Gasteiger partial charge >= 0.3 is 0 Å². The zero-order valence-electron chi connectivity index (χ0n) is 14.0. The van der Waals surface area contributed by atoms with E-state index in [2.05, 4.69) is 44.7 Å². The third kappa shape index (κ3) is 2.48. The summed E-state index contributed by atoms with van der Waals surface area (Å²) in [5.74, 6) is 1.73. The number of aromatic nitrogens is 4. The lowest BCUT2D eigenvalue weighted by atomic mass is 9.95. The summed E-state index contributed by atoms with van der Waals surface area (Å²) in [7, 11) is 0. The highest BCUT2D eigenvalue weighted by Crippen LogP contribution is 2.37. The van der Waals surface area contributed by atoms with E-state index < -0.39 is 0 Å². The summed E-state index contributed by atoms with van der Waals surface area (Å²) < 4.78 is 0. The fourth-order valence-corrected chi connectivity index (χ4v) is 3.58. The number of nitrogens with zero attached hydrogens (tertiary/aromatic N) is 4. The third-order valence-corrected chi connectivity index (χ3v) is 5.01. The first kappa shape index (κ1) is 14.9. The second kappa shape index (κ2) is 5.78. The van der Waals surface area contributed by atoms with Gasteiger partial charge in [-0.25, -0.2) is 15.0 Å². The Morgan fingerprint density at radius 2 is 2.08 bits per heavy atom. The number of fused-ring (bicyclic) bond motifs is 1. The van der Waals surface area contributed by atoms with E-state index in [9.17, 15) is 0 Å². The van der Waals surface area contributed by atoms with Gasteiger partial charge in [0.1, 0.15) is 5.65 Å². The van der Waals surface area contributed by atoms with Crippen LogP contribution in [0.25, 0.3) is 22.3 Å². The minimum absolute atomic E-state index is 0.285. The summed E-state index contributed by atoms with van der Waals surface area (Å²) in [4.78, 5) is 18.6. The normalized spacial score (nSPS) is 18.0. The van der Waals surface area contributed by atoms with Crippen molar-refractivity contribution in [1.29, 1.82) is 0 Å². The molecule has 3 aromatic rings. The van der Waals surface area contributed by atoms with Gasteiger partial charge in [0.05, 0.1) is 11.1 Å². The maximum Gasteiger partial charge on any atom is 0.220 e. The number of hydrogen-bond acceptors (Lipinski definition) is 5. The predicted octanol–water partition coefficient (Wildman–Crippen LogP) is 3.08. The van der Waals surface area contributed by atoms with Crippen LogP contribution >= 0.6 is 0 Å². The van der Waals surface area contributed by atoms with Gasteiger partial charge in [0, 0.05) is 42.9 Å². The first-order chi connectivity index (χ1) is 11.6. The lowest BCUT2D eigenvalue weighted by molar-refractivity contribution is 0.423. The number of nitrogens with one attached hydrogen (secondary N) is 1. The van der Waals surface area contributed by atoms with Crippen LogP contribution in [0.2, 0.25) is 0 Å². The zero-order valence-corrected chi connectivity index (χ0v) is 14.0. The molecule has 1 aliphatic rings. The van der Waals surface area contributed by atoms with E-state index in [1.54, 1.807) is 6.20 Å². The largest absolute Gasteiger partial charge is 0.371 e. The molecule has 1 unspecified atom stereocenters. The average Bonchev–Trinajstić information content (AvgIpc) is 3.22. The minimum atomic E-state index is 0.285. The van der Waals surface area contributed by atoms with Gasteiger partial charge in [0.15, 0.2) is 0 Å². The Balaban J connectivity index is 1.81. The Morgan fingerprint density at radius 1 is 1.25 bits per heavy atom. The smallest absolute Gasteiger partial charge is 0.220 e. The molecular formula is C18H22N6. The monoisotopic (exact) mass is 322 g/mol. The highest BCUT2D eigenvalue weighted by Gasteiger charge is 2.27. The summed E-state index contributed by atoms with van der Waals surface area (Å²) in [5, 5.41) is 1.11. The number of aromatic amines is 1. The fourth-order valence-electron chi connectivity index (χ4n) is 3.58. The summed E-state index contributed by atoms with van der Waals surface area (Å²) in [5.41, 5.74) is 9.71. The van der Waals surface area contributed by atoms with Crippen molar-refractivity contribution >= 4 is 22.7 Å². The molecule has 0 bridgehead atoms. The Morgan fingerprint density at radius 3 is 2.83 bits per heavy atom. The Kier molecular flexibility index (Phi) is 3.59. The standard InChI is InChI=1S/C18H22N6/c1-11(2)12-5-8-24(10-12)15-4-7-20-17-16(15)13(9-22-17)14-3-6-21-18(19)23-14/h3-4,6-7,9,11-12H,5,8,10H2,1-2H3,(H,20,22)(H2,19,21,23). The summed E-state index contributed by atoms with van der Waals surface area (Å²) >= 11 is 0. The molecule has 1 saturated heterocycles. The number of anilines is 2. The second-order valence-corrected chi connectivity index (χ2v) is 6.79. The van der Waals surface area contributed by atoms with Crippen LogP contribution < -0.4 is 10.6 Å². The predicted molar refractivity (Wildman–Crippen MR) is 96.7 cm³/mol. The zero-order chi connectivity index (χ0) is 16.7. The first-order valence-electron chi connectivity index (χ1n) is 8.43. The lowest BCUT2D eigenvalue weighted by Gasteiger charge is -2.21. The Bertz CT molecular complexity index is 869. The summed E-state index contributed by atoms with van der Waals surface area (Å²) in [6, 6.07) is 3.99. The van der Waals surface area contributed by atoms with E-state index in [0.29, 0.717) is 5.92 Å². The summed E-state index contributed by atoms with van der Waals surface area (Å²) in [6.07, 6.45) is 6.76. The number of hydrogen-bond donors (Lipinski definition) is 2. The molecular weight excluding hydrogens is 300 g/mol. The molecule has 3 aromatic heterocycles. The van der Waals surface area contributed by atoms with Crippen LogP contribution in [0.3, 0.4) is 0 Å². The van der Waals surface area contributed by atoms with Crippen molar-refractivity contribution in [1.82, 2.24) is 19.9 Å². The molecule has 3 N–H and O–H groups in total. The molecule has 124 valence electrons. The quantitative estimate of drug-likeness (QED) is 0.774. The minimum Gasteiger partial charge on any atom is -0.371 e. The third-order valence-electron chi connectivity index (χ3n) is 5.01. The molecule has 0 aromatic carbocycles. The number of pyridine rings is 1. The van der Waals surface area contributed by atoms with Gasteiger partial charge in [-0.05, 0) is 30.4 Å². The average molecular weight is 322 g/mol. The molecule has 6 heteroatoms. The molecule has 4 heterocycles. The molecule has 1 atom stereocenters. The van der Waals surface area contributed by atoms with Crippen LogP contribution in [0, 0.1) is 11.8 Å². The molecule has 0 radical (unpaired) electrons. The van der Waals surface area contributed by atoms with Gasteiger partial charge in [0.25, 0.3) is 0 Å². The van der Waals surface area contributed by atoms with E-state index in [1.807, 2.05) is 18.5 Å². The van der Waals surface area contributed by atoms with Crippen molar-refractivity contribution in [2.75, 3.05) is 23.7 Å².